The predicted octanol–water partition coefficient (Wildman–Crippen LogP) is 0.706. The molecule has 0 aliphatic carbocycles. The molecule has 0 unspecified atom stereocenters. The summed E-state index contributed by atoms with van der Waals surface area (Å²) >= 11 is 0. The van der Waals surface area contributed by atoms with Gasteiger partial charge in [0.1, 0.15) is 0 Å². The van der Waals surface area contributed by atoms with Crippen LogP contribution in [-0.2, 0) is 4.74 Å². The van der Waals surface area contributed by atoms with Crippen molar-refractivity contribution in [1.29, 1.82) is 5.41 Å². The Balaban J connectivity index is 2.20. The first kappa shape index (κ1) is 7.54. The second kappa shape index (κ2) is 3.56. The fraction of sp³-hybridized carbons (Fsp3) is 0.857. The Labute approximate surface area is 61.5 Å². The lowest BCUT2D eigenvalue weighted by Gasteiger charge is -2.16. The van der Waals surface area contributed by atoms with Gasteiger partial charge in [-0.3, -0.25) is 5.41 Å². The van der Waals surface area contributed by atoms with Gasteiger partial charge in [-0.15, -0.1) is 0 Å². The van der Waals surface area contributed by atoms with E-state index < -0.39 is 0 Å². The molecule has 58 valence electrons. The van der Waals surface area contributed by atoms with Crippen molar-refractivity contribution in [2.24, 2.45) is 0 Å². The minimum Gasteiger partial charge on any atom is -0.383 e. The maximum absolute atomic E-state index is 7.45. The minimum absolute atomic E-state index is 0.738. The summed E-state index contributed by atoms with van der Waals surface area (Å²) in [4.78, 5) is 2.07. The standard InChI is InChI=1S/C7H14N2O/c1-10-6-5-9-4-2-3-7(9)8/h8H,2-6H2,1H3. The van der Waals surface area contributed by atoms with Crippen LogP contribution in [0.5, 0.6) is 0 Å². The van der Waals surface area contributed by atoms with Gasteiger partial charge >= 0.3 is 0 Å². The third-order valence-electron chi connectivity index (χ3n) is 1.79. The summed E-state index contributed by atoms with van der Waals surface area (Å²) in [7, 11) is 1.69. The zero-order chi connectivity index (χ0) is 7.40. The van der Waals surface area contributed by atoms with E-state index in [1.165, 1.54) is 0 Å². The molecule has 1 aliphatic rings. The van der Waals surface area contributed by atoms with Crippen LogP contribution in [0, 0.1) is 5.41 Å². The lowest BCUT2D eigenvalue weighted by atomic mass is 10.4. The van der Waals surface area contributed by atoms with Gasteiger partial charge in [0.2, 0.25) is 0 Å². The molecule has 0 aromatic heterocycles. The zero-order valence-electron chi connectivity index (χ0n) is 6.39. The monoisotopic (exact) mass is 142 g/mol. The minimum atomic E-state index is 0.738. The Morgan fingerprint density at radius 3 is 3.00 bits per heavy atom. The molecule has 0 spiro atoms. The Morgan fingerprint density at radius 2 is 2.50 bits per heavy atom. The molecule has 0 aromatic carbocycles. The number of nitrogens with one attached hydrogen (secondary N) is 1. The number of ether oxygens (including phenoxy) is 1. The molecule has 0 bridgehead atoms. The van der Waals surface area contributed by atoms with E-state index in [9.17, 15) is 0 Å². The molecule has 3 heteroatoms. The second-order valence-corrected chi connectivity index (χ2v) is 2.53. The first-order valence-corrected chi connectivity index (χ1v) is 3.66. The number of nitrogens with zero attached hydrogens (tertiary/aromatic N) is 1. The van der Waals surface area contributed by atoms with Gasteiger partial charge < -0.3 is 9.64 Å². The molecule has 1 aliphatic heterocycles. The van der Waals surface area contributed by atoms with Crippen molar-refractivity contribution in [1.82, 2.24) is 4.90 Å². The quantitative estimate of drug-likeness (QED) is 0.630. The van der Waals surface area contributed by atoms with E-state index in [-0.39, 0.29) is 0 Å². The summed E-state index contributed by atoms with van der Waals surface area (Å²) in [5.74, 6) is 0.775. The number of likely N-dealkylation sites (tertiary alicyclic amines) is 1. The van der Waals surface area contributed by atoms with Crippen LogP contribution in [0.2, 0.25) is 0 Å². The summed E-state index contributed by atoms with van der Waals surface area (Å²) in [5.41, 5.74) is 0. The molecule has 0 amide bonds. The van der Waals surface area contributed by atoms with Crippen molar-refractivity contribution in [3.8, 4) is 0 Å². The van der Waals surface area contributed by atoms with Gasteiger partial charge in [-0.2, -0.15) is 0 Å². The molecule has 1 fully saturated rings. The maximum Gasteiger partial charge on any atom is 0.0959 e. The first-order valence-electron chi connectivity index (χ1n) is 3.66. The van der Waals surface area contributed by atoms with E-state index in [0.717, 1.165) is 38.4 Å². The lowest BCUT2D eigenvalue weighted by molar-refractivity contribution is 0.179. The second-order valence-electron chi connectivity index (χ2n) is 2.53. The fourth-order valence-electron chi connectivity index (χ4n) is 1.18. The topological polar surface area (TPSA) is 36.3 Å². The van der Waals surface area contributed by atoms with Crippen LogP contribution in [0.15, 0.2) is 0 Å². The van der Waals surface area contributed by atoms with E-state index in [4.69, 9.17) is 10.1 Å². The highest BCUT2D eigenvalue weighted by Gasteiger charge is 2.15. The number of hydrogen-bond acceptors (Lipinski definition) is 2. The third-order valence-corrected chi connectivity index (χ3v) is 1.79. The van der Waals surface area contributed by atoms with Gasteiger partial charge in [-0.05, 0) is 6.42 Å². The number of hydrogen-bond donors (Lipinski definition) is 1. The van der Waals surface area contributed by atoms with Crippen molar-refractivity contribution >= 4 is 5.84 Å². The molecule has 0 atom stereocenters. The van der Waals surface area contributed by atoms with Crippen LogP contribution in [0.25, 0.3) is 0 Å². The average Bonchev–Trinajstić information content (AvgIpc) is 2.31. The highest BCUT2D eigenvalue weighted by atomic mass is 16.5. The molecule has 10 heavy (non-hydrogen) atoms. The summed E-state index contributed by atoms with van der Waals surface area (Å²) in [6.07, 6.45) is 2.09. The molecular weight excluding hydrogens is 128 g/mol. The van der Waals surface area contributed by atoms with E-state index in [1.54, 1.807) is 7.11 Å². The normalized spacial score (nSPS) is 18.5. The van der Waals surface area contributed by atoms with Crippen molar-refractivity contribution in [2.45, 2.75) is 12.8 Å². The van der Waals surface area contributed by atoms with Crippen LogP contribution < -0.4 is 0 Å². The van der Waals surface area contributed by atoms with Crippen molar-refractivity contribution in [2.75, 3.05) is 26.8 Å². The SMILES string of the molecule is COCCN1CCCC1=N. The van der Waals surface area contributed by atoms with Gasteiger partial charge in [0.05, 0.1) is 12.4 Å². The molecule has 1 saturated heterocycles. The van der Waals surface area contributed by atoms with Crippen LogP contribution in [0.3, 0.4) is 0 Å². The van der Waals surface area contributed by atoms with Gasteiger partial charge in [0.15, 0.2) is 0 Å². The zero-order valence-corrected chi connectivity index (χ0v) is 6.39. The summed E-state index contributed by atoms with van der Waals surface area (Å²) in [6, 6.07) is 0. The van der Waals surface area contributed by atoms with E-state index in [2.05, 4.69) is 4.90 Å². The van der Waals surface area contributed by atoms with Crippen LogP contribution in [-0.4, -0.2) is 37.5 Å². The summed E-state index contributed by atoms with van der Waals surface area (Å²) in [6.45, 7) is 2.67. The van der Waals surface area contributed by atoms with Crippen LogP contribution in [0.4, 0.5) is 0 Å². The molecule has 1 heterocycles. The van der Waals surface area contributed by atoms with Crippen molar-refractivity contribution < 1.29 is 4.74 Å². The van der Waals surface area contributed by atoms with Gasteiger partial charge in [0, 0.05) is 26.6 Å². The average molecular weight is 142 g/mol. The van der Waals surface area contributed by atoms with Crippen molar-refractivity contribution in [3.63, 3.8) is 0 Å². The van der Waals surface area contributed by atoms with E-state index >= 15 is 0 Å². The predicted molar refractivity (Wildman–Crippen MR) is 40.4 cm³/mol. The van der Waals surface area contributed by atoms with Gasteiger partial charge in [-0.1, -0.05) is 0 Å². The van der Waals surface area contributed by atoms with Gasteiger partial charge in [-0.25, -0.2) is 0 Å². The van der Waals surface area contributed by atoms with Crippen molar-refractivity contribution in [3.05, 3.63) is 0 Å². The molecule has 0 aromatic rings. The lowest BCUT2D eigenvalue weighted by Crippen LogP contribution is -2.27. The Hall–Kier alpha value is -0.570. The van der Waals surface area contributed by atoms with Crippen LogP contribution in [0.1, 0.15) is 12.8 Å². The van der Waals surface area contributed by atoms with Crippen LogP contribution >= 0.6 is 0 Å². The number of methoxy groups -OCH3 is 1. The smallest absolute Gasteiger partial charge is 0.0959 e. The molecule has 1 rings (SSSR count). The first-order chi connectivity index (χ1) is 4.84. The molecule has 1 N–H and O–H groups in total. The highest BCUT2D eigenvalue weighted by Crippen LogP contribution is 2.08. The highest BCUT2D eigenvalue weighted by molar-refractivity contribution is 5.80. The molecule has 3 nitrogen and oxygen atoms in total. The molecule has 0 radical (unpaired) electrons. The van der Waals surface area contributed by atoms with Gasteiger partial charge in [0.25, 0.3) is 0 Å². The Kier molecular flexibility index (Phi) is 2.68. The summed E-state index contributed by atoms with van der Waals surface area (Å²) in [5, 5.41) is 7.45. The van der Waals surface area contributed by atoms with E-state index in [1.807, 2.05) is 0 Å². The van der Waals surface area contributed by atoms with E-state index in [0.29, 0.717) is 0 Å². The molecular formula is C7H14N2O. The maximum atomic E-state index is 7.45. The third kappa shape index (κ3) is 1.70. The number of rotatable bonds is 3. The molecule has 0 saturated carbocycles. The Morgan fingerprint density at radius 1 is 1.70 bits per heavy atom. The Bertz CT molecular complexity index is 125. The largest absolute Gasteiger partial charge is 0.383 e. The summed E-state index contributed by atoms with van der Waals surface area (Å²) < 4.78 is 4.91. The fourth-order valence-corrected chi connectivity index (χ4v) is 1.18. The number of amidine groups is 1.